The molecule has 3 nitrogen and oxygen atoms in total. The Labute approximate surface area is 117 Å². The van der Waals surface area contributed by atoms with E-state index in [4.69, 9.17) is 4.74 Å². The highest BCUT2D eigenvalue weighted by Gasteiger charge is 2.09. The molecule has 0 atom stereocenters. The monoisotopic (exact) mass is 273 g/mol. The van der Waals surface area contributed by atoms with Crippen LogP contribution >= 0.6 is 11.8 Å². The minimum absolute atomic E-state index is 0.139. The fourth-order valence-electron chi connectivity index (χ4n) is 1.71. The number of benzene rings is 2. The largest absolute Gasteiger partial charge is 0.497 e. The number of carbonyl (C=O) groups is 1. The molecule has 0 aliphatic heterocycles. The normalized spacial score (nSPS) is 10.0. The van der Waals surface area contributed by atoms with Crippen LogP contribution in [-0.4, -0.2) is 19.3 Å². The summed E-state index contributed by atoms with van der Waals surface area (Å²) in [7, 11) is 1.58. The zero-order valence-corrected chi connectivity index (χ0v) is 11.7. The molecule has 0 bridgehead atoms. The Hall–Kier alpha value is -1.94. The van der Waals surface area contributed by atoms with Crippen LogP contribution < -0.4 is 10.1 Å². The lowest BCUT2D eigenvalue weighted by molar-refractivity contribution is 0.102. The quantitative estimate of drug-likeness (QED) is 0.864. The molecule has 0 aliphatic carbocycles. The van der Waals surface area contributed by atoms with Crippen LogP contribution in [0.3, 0.4) is 0 Å². The van der Waals surface area contributed by atoms with Gasteiger partial charge in [0.25, 0.3) is 5.91 Å². The summed E-state index contributed by atoms with van der Waals surface area (Å²) in [6.45, 7) is 0. The van der Waals surface area contributed by atoms with E-state index in [1.165, 1.54) is 0 Å². The van der Waals surface area contributed by atoms with Crippen LogP contribution in [-0.2, 0) is 0 Å². The number of carbonyl (C=O) groups excluding carboxylic acids is 1. The molecule has 0 radical (unpaired) electrons. The van der Waals surface area contributed by atoms with Crippen molar-refractivity contribution in [3.8, 4) is 5.75 Å². The summed E-state index contributed by atoms with van der Waals surface area (Å²) in [4.78, 5) is 13.2. The van der Waals surface area contributed by atoms with E-state index in [1.54, 1.807) is 37.1 Å². The molecule has 2 rings (SSSR count). The van der Waals surface area contributed by atoms with Crippen LogP contribution in [0.1, 0.15) is 10.4 Å². The van der Waals surface area contributed by atoms with E-state index in [0.717, 1.165) is 10.6 Å². The standard InChI is InChI=1S/C15H15NO2S/c1-18-12-7-5-6-11(10-12)15(17)16-13-8-3-4-9-14(13)19-2/h3-10H,1-2H3,(H,16,17). The van der Waals surface area contributed by atoms with Gasteiger partial charge in [0.2, 0.25) is 0 Å². The van der Waals surface area contributed by atoms with Crippen molar-refractivity contribution in [2.24, 2.45) is 0 Å². The second-order valence-electron chi connectivity index (χ2n) is 3.89. The molecule has 0 aromatic heterocycles. The van der Waals surface area contributed by atoms with Crippen LogP contribution in [0.25, 0.3) is 0 Å². The minimum atomic E-state index is -0.139. The zero-order valence-electron chi connectivity index (χ0n) is 10.8. The highest BCUT2D eigenvalue weighted by molar-refractivity contribution is 7.98. The maximum absolute atomic E-state index is 12.2. The Bertz CT molecular complexity index is 584. The van der Waals surface area contributed by atoms with Crippen LogP contribution in [0, 0.1) is 0 Å². The number of amides is 1. The lowest BCUT2D eigenvalue weighted by Gasteiger charge is -2.09. The van der Waals surface area contributed by atoms with Gasteiger partial charge in [0, 0.05) is 10.5 Å². The topological polar surface area (TPSA) is 38.3 Å². The molecule has 0 fully saturated rings. The summed E-state index contributed by atoms with van der Waals surface area (Å²) < 4.78 is 5.12. The van der Waals surface area contributed by atoms with Gasteiger partial charge in [-0.1, -0.05) is 18.2 Å². The van der Waals surface area contributed by atoms with Crippen molar-refractivity contribution in [1.82, 2.24) is 0 Å². The van der Waals surface area contributed by atoms with Crippen LogP contribution in [0.5, 0.6) is 5.75 Å². The zero-order chi connectivity index (χ0) is 13.7. The van der Waals surface area contributed by atoms with E-state index >= 15 is 0 Å². The van der Waals surface area contributed by atoms with Crippen molar-refractivity contribution in [1.29, 1.82) is 0 Å². The molecule has 4 heteroatoms. The summed E-state index contributed by atoms with van der Waals surface area (Å²) in [5, 5.41) is 2.91. The molecule has 1 amide bonds. The summed E-state index contributed by atoms with van der Waals surface area (Å²) in [6, 6.07) is 14.8. The third-order valence-corrected chi connectivity index (χ3v) is 3.48. The van der Waals surface area contributed by atoms with Crippen molar-refractivity contribution in [2.45, 2.75) is 4.90 Å². The van der Waals surface area contributed by atoms with Gasteiger partial charge >= 0.3 is 0 Å². The highest BCUT2D eigenvalue weighted by atomic mass is 32.2. The Morgan fingerprint density at radius 2 is 1.95 bits per heavy atom. The van der Waals surface area contributed by atoms with E-state index in [0.29, 0.717) is 11.3 Å². The van der Waals surface area contributed by atoms with Gasteiger partial charge in [-0.3, -0.25) is 4.79 Å². The van der Waals surface area contributed by atoms with Gasteiger partial charge in [0.15, 0.2) is 0 Å². The van der Waals surface area contributed by atoms with E-state index in [-0.39, 0.29) is 5.91 Å². The summed E-state index contributed by atoms with van der Waals surface area (Å²) in [5.74, 6) is 0.534. The van der Waals surface area contributed by atoms with Crippen molar-refractivity contribution >= 4 is 23.4 Å². The molecular weight excluding hydrogens is 258 g/mol. The molecule has 0 unspecified atom stereocenters. The smallest absolute Gasteiger partial charge is 0.255 e. The lowest BCUT2D eigenvalue weighted by Crippen LogP contribution is -2.12. The average Bonchev–Trinajstić information content (AvgIpc) is 2.47. The summed E-state index contributed by atoms with van der Waals surface area (Å²) in [5.41, 5.74) is 1.40. The van der Waals surface area contributed by atoms with E-state index < -0.39 is 0 Å². The third kappa shape index (κ3) is 3.29. The highest BCUT2D eigenvalue weighted by Crippen LogP contribution is 2.25. The summed E-state index contributed by atoms with van der Waals surface area (Å²) in [6.07, 6.45) is 1.98. The maximum atomic E-state index is 12.2. The van der Waals surface area contributed by atoms with Gasteiger partial charge < -0.3 is 10.1 Å². The molecule has 98 valence electrons. The second-order valence-corrected chi connectivity index (χ2v) is 4.73. The second kappa shape index (κ2) is 6.29. The Balaban J connectivity index is 2.20. The predicted molar refractivity (Wildman–Crippen MR) is 79.2 cm³/mol. The third-order valence-electron chi connectivity index (χ3n) is 2.69. The van der Waals surface area contributed by atoms with Crippen LogP contribution in [0.15, 0.2) is 53.4 Å². The van der Waals surface area contributed by atoms with Gasteiger partial charge in [0.1, 0.15) is 5.75 Å². The number of anilines is 1. The molecule has 19 heavy (non-hydrogen) atoms. The number of methoxy groups -OCH3 is 1. The molecule has 0 saturated carbocycles. The number of rotatable bonds is 4. The van der Waals surface area contributed by atoms with Crippen molar-refractivity contribution in [2.75, 3.05) is 18.7 Å². The number of hydrogen-bond donors (Lipinski definition) is 1. The van der Waals surface area contributed by atoms with Gasteiger partial charge in [-0.25, -0.2) is 0 Å². The molecule has 2 aromatic carbocycles. The number of hydrogen-bond acceptors (Lipinski definition) is 3. The number of thioether (sulfide) groups is 1. The van der Waals surface area contributed by atoms with Gasteiger partial charge in [-0.05, 0) is 36.6 Å². The van der Waals surface area contributed by atoms with E-state index in [1.807, 2.05) is 36.6 Å². The Kier molecular flexibility index (Phi) is 4.47. The molecule has 0 spiro atoms. The number of nitrogens with one attached hydrogen (secondary N) is 1. The van der Waals surface area contributed by atoms with Gasteiger partial charge in [-0.15, -0.1) is 11.8 Å². The van der Waals surface area contributed by atoms with E-state index in [9.17, 15) is 4.79 Å². The van der Waals surface area contributed by atoms with Crippen LogP contribution in [0.2, 0.25) is 0 Å². The van der Waals surface area contributed by atoms with E-state index in [2.05, 4.69) is 5.32 Å². The Morgan fingerprint density at radius 3 is 2.68 bits per heavy atom. The fraction of sp³-hybridized carbons (Fsp3) is 0.133. The first-order valence-electron chi connectivity index (χ1n) is 5.83. The fourth-order valence-corrected chi connectivity index (χ4v) is 2.26. The first-order valence-corrected chi connectivity index (χ1v) is 7.05. The minimum Gasteiger partial charge on any atom is -0.497 e. The number of para-hydroxylation sites is 1. The van der Waals surface area contributed by atoms with Gasteiger partial charge in [-0.2, -0.15) is 0 Å². The van der Waals surface area contributed by atoms with Gasteiger partial charge in [0.05, 0.1) is 12.8 Å². The van der Waals surface area contributed by atoms with Crippen molar-refractivity contribution < 1.29 is 9.53 Å². The molecule has 2 aromatic rings. The number of ether oxygens (including phenoxy) is 1. The molecule has 0 heterocycles. The molecule has 0 saturated heterocycles. The molecule has 0 aliphatic rings. The van der Waals surface area contributed by atoms with Crippen molar-refractivity contribution in [3.05, 3.63) is 54.1 Å². The van der Waals surface area contributed by atoms with Crippen molar-refractivity contribution in [3.63, 3.8) is 0 Å². The SMILES string of the molecule is COc1cccc(C(=O)Nc2ccccc2SC)c1. The first kappa shape index (κ1) is 13.5. The van der Waals surface area contributed by atoms with Crippen LogP contribution in [0.4, 0.5) is 5.69 Å². The lowest BCUT2D eigenvalue weighted by atomic mass is 10.2. The first-order chi connectivity index (χ1) is 9.24. The maximum Gasteiger partial charge on any atom is 0.255 e. The molecule has 1 N–H and O–H groups in total. The molecular formula is C15H15NO2S. The Morgan fingerprint density at radius 1 is 1.16 bits per heavy atom. The average molecular weight is 273 g/mol. The summed E-state index contributed by atoms with van der Waals surface area (Å²) >= 11 is 1.60. The predicted octanol–water partition coefficient (Wildman–Crippen LogP) is 3.67.